The first kappa shape index (κ1) is 38.4. The summed E-state index contributed by atoms with van der Waals surface area (Å²) in [5.41, 5.74) is 3.36. The van der Waals surface area contributed by atoms with Crippen LogP contribution in [-0.4, -0.2) is 136 Å². The first-order valence-corrected chi connectivity index (χ1v) is 14.9. The third-order valence-corrected chi connectivity index (χ3v) is 7.19. The molecule has 2 heterocycles. The molecule has 1 saturated heterocycles. The van der Waals surface area contributed by atoms with Gasteiger partial charge < -0.3 is 29.7 Å². The number of methoxy groups -OCH3 is 2. The van der Waals surface area contributed by atoms with E-state index in [-0.39, 0.29) is 0 Å². The summed E-state index contributed by atoms with van der Waals surface area (Å²) in [7, 11) is 5.07. The molecule has 1 fully saturated rings. The summed E-state index contributed by atoms with van der Waals surface area (Å²) in [6.07, 6.45) is -0.626. The maximum absolute atomic E-state index is 12.6. The number of halogens is 3. The van der Waals surface area contributed by atoms with Gasteiger partial charge in [0.05, 0.1) is 13.2 Å². The van der Waals surface area contributed by atoms with Crippen molar-refractivity contribution >= 4 is 23.5 Å². The lowest BCUT2D eigenvalue weighted by Gasteiger charge is -2.36. The molecule has 15 heteroatoms. The van der Waals surface area contributed by atoms with Crippen LogP contribution in [0.25, 0.3) is 0 Å². The molecule has 3 rings (SSSR count). The Balaban J connectivity index is 0.000000942. The standard InChI is InChI=1S/C29H44N6O4.C2HF3O2/c1-32(23-25-5-7-26(8-6-25)24-34(19-21-38-2)20-22-39-3)29(37)28(36)31-11-4-14-33-15-17-35(18-16-33)27-9-12-30-13-10-27;3-2(4,5)1(6)7/h5-10,12-13H,4,11,14-24H2,1-3H3,(H,31,36);(H,6,7). The molecule has 46 heavy (non-hydrogen) atoms. The molecule has 0 radical (unpaired) electrons. The van der Waals surface area contributed by atoms with Gasteiger partial charge in [-0.15, -0.1) is 0 Å². The highest BCUT2D eigenvalue weighted by atomic mass is 19.4. The van der Waals surface area contributed by atoms with E-state index in [4.69, 9.17) is 19.4 Å². The second-order valence-corrected chi connectivity index (χ2v) is 10.7. The lowest BCUT2D eigenvalue weighted by molar-refractivity contribution is -0.192. The van der Waals surface area contributed by atoms with Gasteiger partial charge in [0.15, 0.2) is 0 Å². The molecule has 2 aromatic rings. The fourth-order valence-corrected chi connectivity index (χ4v) is 4.60. The van der Waals surface area contributed by atoms with Gasteiger partial charge in [0.1, 0.15) is 0 Å². The third-order valence-electron chi connectivity index (χ3n) is 7.19. The van der Waals surface area contributed by atoms with Crippen LogP contribution in [0.3, 0.4) is 0 Å². The van der Waals surface area contributed by atoms with Crippen LogP contribution < -0.4 is 10.2 Å². The normalized spacial score (nSPS) is 13.6. The molecule has 1 aromatic heterocycles. The SMILES string of the molecule is COCCN(CCOC)Cc1ccc(CN(C)C(=O)C(=O)NCCCN2CCN(c3ccncc3)CC2)cc1.O=C(O)C(F)(F)F. The Morgan fingerprint density at radius 3 is 1.93 bits per heavy atom. The maximum Gasteiger partial charge on any atom is 0.490 e. The van der Waals surface area contributed by atoms with E-state index in [1.165, 1.54) is 16.2 Å². The van der Waals surface area contributed by atoms with Gasteiger partial charge in [0.2, 0.25) is 0 Å². The number of benzene rings is 1. The molecule has 12 nitrogen and oxygen atoms in total. The van der Waals surface area contributed by atoms with E-state index in [2.05, 4.69) is 37.1 Å². The number of hydrogen-bond acceptors (Lipinski definition) is 9. The molecule has 1 aliphatic rings. The van der Waals surface area contributed by atoms with Gasteiger partial charge in [0.25, 0.3) is 0 Å². The van der Waals surface area contributed by atoms with Crippen molar-refractivity contribution < 1.29 is 42.1 Å². The first-order valence-electron chi connectivity index (χ1n) is 14.9. The van der Waals surface area contributed by atoms with Crippen LogP contribution in [0.5, 0.6) is 0 Å². The van der Waals surface area contributed by atoms with E-state index in [0.717, 1.165) is 64.3 Å². The van der Waals surface area contributed by atoms with E-state index >= 15 is 0 Å². The average molecular weight is 655 g/mol. The number of carboxylic acids is 1. The van der Waals surface area contributed by atoms with Gasteiger partial charge in [-0.3, -0.25) is 24.4 Å². The number of alkyl halides is 3. The van der Waals surface area contributed by atoms with Gasteiger partial charge in [-0.05, 0) is 36.2 Å². The number of likely N-dealkylation sites (N-methyl/N-ethyl adjacent to an activating group) is 1. The fourth-order valence-electron chi connectivity index (χ4n) is 4.60. The molecule has 0 bridgehead atoms. The van der Waals surface area contributed by atoms with Gasteiger partial charge in [-0.2, -0.15) is 13.2 Å². The molecule has 0 aliphatic carbocycles. The van der Waals surface area contributed by atoms with Gasteiger partial charge >= 0.3 is 24.0 Å². The number of piperazine rings is 1. The Labute approximate surface area is 268 Å². The number of carbonyl (C=O) groups excluding carboxylic acids is 2. The van der Waals surface area contributed by atoms with Gasteiger partial charge in [-0.1, -0.05) is 24.3 Å². The number of nitrogens with one attached hydrogen (secondary N) is 1. The number of amides is 2. The van der Waals surface area contributed by atoms with Crippen molar-refractivity contribution in [3.63, 3.8) is 0 Å². The molecule has 0 saturated carbocycles. The summed E-state index contributed by atoms with van der Waals surface area (Å²) in [5, 5.41) is 9.91. The quantitative estimate of drug-likeness (QED) is 0.218. The number of carboxylic acid groups (broad SMARTS) is 1. The molecule has 1 aliphatic heterocycles. The van der Waals surface area contributed by atoms with Crippen LogP contribution in [0, 0.1) is 0 Å². The van der Waals surface area contributed by atoms with Crippen LogP contribution in [0.2, 0.25) is 0 Å². The lowest BCUT2D eigenvalue weighted by Crippen LogP contribution is -2.47. The Bertz CT molecular complexity index is 1170. The van der Waals surface area contributed by atoms with Gasteiger partial charge in [-0.25, -0.2) is 4.79 Å². The number of anilines is 1. The number of pyridine rings is 1. The van der Waals surface area contributed by atoms with Crippen LogP contribution in [0.4, 0.5) is 18.9 Å². The minimum absolute atomic E-state index is 0.380. The third kappa shape index (κ3) is 14.5. The van der Waals surface area contributed by atoms with Crippen LogP contribution >= 0.6 is 0 Å². The van der Waals surface area contributed by atoms with E-state index in [1.54, 1.807) is 21.3 Å². The second kappa shape index (κ2) is 20.4. The number of carbonyl (C=O) groups is 3. The number of aromatic nitrogens is 1. The number of ether oxygens (including phenoxy) is 2. The smallest absolute Gasteiger partial charge is 0.475 e. The van der Waals surface area contributed by atoms with Crippen LogP contribution in [0.15, 0.2) is 48.8 Å². The molecule has 0 spiro atoms. The monoisotopic (exact) mass is 654 g/mol. The van der Waals surface area contributed by atoms with Crippen LogP contribution in [-0.2, 0) is 36.9 Å². The predicted molar refractivity (Wildman–Crippen MR) is 166 cm³/mol. The lowest BCUT2D eigenvalue weighted by atomic mass is 10.1. The largest absolute Gasteiger partial charge is 0.490 e. The van der Waals surface area contributed by atoms with E-state index in [0.29, 0.717) is 26.3 Å². The summed E-state index contributed by atoms with van der Waals surface area (Å²) in [5.74, 6) is -3.83. The molecule has 0 unspecified atom stereocenters. The van der Waals surface area contributed by atoms with Crippen molar-refractivity contribution in [3.05, 3.63) is 59.9 Å². The predicted octanol–water partition coefficient (Wildman–Crippen LogP) is 2.10. The molecule has 1 aromatic carbocycles. The Morgan fingerprint density at radius 2 is 1.43 bits per heavy atom. The maximum atomic E-state index is 12.6. The second-order valence-electron chi connectivity index (χ2n) is 10.7. The highest BCUT2D eigenvalue weighted by molar-refractivity contribution is 6.34. The molecule has 0 atom stereocenters. The van der Waals surface area contributed by atoms with E-state index < -0.39 is 24.0 Å². The summed E-state index contributed by atoms with van der Waals surface area (Å²) >= 11 is 0. The summed E-state index contributed by atoms with van der Waals surface area (Å²) in [6, 6.07) is 12.2. The molecule has 2 N–H and O–H groups in total. The molecular weight excluding hydrogens is 609 g/mol. The van der Waals surface area contributed by atoms with Crippen molar-refractivity contribution in [2.45, 2.75) is 25.7 Å². The Hall–Kier alpha value is -3.79. The Kier molecular flexibility index (Phi) is 17.0. The van der Waals surface area contributed by atoms with Gasteiger partial charge in [0, 0.05) is 98.3 Å². The number of hydrogen-bond donors (Lipinski definition) is 2. The summed E-state index contributed by atoms with van der Waals surface area (Å²) in [4.78, 5) is 46.5. The number of nitrogens with zero attached hydrogens (tertiary/aromatic N) is 5. The highest BCUT2D eigenvalue weighted by Gasteiger charge is 2.38. The number of aliphatic carboxylic acids is 1. The first-order chi connectivity index (χ1) is 21.9. The number of rotatable bonds is 15. The highest BCUT2D eigenvalue weighted by Crippen LogP contribution is 2.15. The molecule has 2 amide bonds. The zero-order valence-corrected chi connectivity index (χ0v) is 26.7. The van der Waals surface area contributed by atoms with E-state index in [1.807, 2.05) is 36.7 Å². The van der Waals surface area contributed by atoms with Crippen molar-refractivity contribution in [1.82, 2.24) is 25.0 Å². The molecule has 256 valence electrons. The average Bonchev–Trinajstić information content (AvgIpc) is 3.05. The van der Waals surface area contributed by atoms with E-state index in [9.17, 15) is 22.8 Å². The minimum atomic E-state index is -5.08. The van der Waals surface area contributed by atoms with Crippen molar-refractivity contribution in [1.29, 1.82) is 0 Å². The van der Waals surface area contributed by atoms with Crippen molar-refractivity contribution in [2.24, 2.45) is 0 Å². The minimum Gasteiger partial charge on any atom is -0.475 e. The van der Waals surface area contributed by atoms with Crippen molar-refractivity contribution in [2.75, 3.05) is 91.7 Å². The zero-order chi connectivity index (χ0) is 34.0. The topological polar surface area (TPSA) is 128 Å². The summed E-state index contributed by atoms with van der Waals surface area (Å²) < 4.78 is 42.2. The Morgan fingerprint density at radius 1 is 0.913 bits per heavy atom. The van der Waals surface area contributed by atoms with Crippen molar-refractivity contribution in [3.8, 4) is 0 Å². The fraction of sp³-hybridized carbons (Fsp3) is 0.548. The zero-order valence-electron chi connectivity index (χ0n) is 26.7. The molecular formula is C31H45F3N6O6. The van der Waals surface area contributed by atoms with Crippen LogP contribution in [0.1, 0.15) is 17.5 Å². The summed E-state index contributed by atoms with van der Waals surface area (Å²) in [6.45, 7) is 9.46.